The van der Waals surface area contributed by atoms with E-state index >= 15 is 0 Å². The summed E-state index contributed by atoms with van der Waals surface area (Å²) in [6, 6.07) is 4.88. The van der Waals surface area contributed by atoms with Crippen molar-refractivity contribution in [3.05, 3.63) is 41.5 Å². The number of hydrogen-bond acceptors (Lipinski definition) is 11. The van der Waals surface area contributed by atoms with Gasteiger partial charge < -0.3 is 40.0 Å². The Morgan fingerprint density at radius 2 is 1.75 bits per heavy atom. The number of hydrogen-bond donors (Lipinski definition) is 4. The fourth-order valence-corrected chi connectivity index (χ4v) is 7.87. The molecule has 1 aromatic rings. The summed E-state index contributed by atoms with van der Waals surface area (Å²) in [7, 11) is 3.35. The highest BCUT2D eigenvalue weighted by molar-refractivity contribution is 5.96. The summed E-state index contributed by atoms with van der Waals surface area (Å²) < 4.78 is 19.6. The molecule has 0 radical (unpaired) electrons. The molecular formula is C34H44N4O10. The highest BCUT2D eigenvalue weighted by atomic mass is 16.8. The van der Waals surface area contributed by atoms with Gasteiger partial charge in [-0.2, -0.15) is 5.06 Å². The third-order valence-electron chi connectivity index (χ3n) is 10.5. The molecule has 1 aromatic carbocycles. The first-order valence-corrected chi connectivity index (χ1v) is 16.8. The average molecular weight is 669 g/mol. The van der Waals surface area contributed by atoms with E-state index in [0.29, 0.717) is 0 Å². The van der Waals surface area contributed by atoms with Crippen molar-refractivity contribution in [2.75, 3.05) is 27.2 Å². The number of fused-ring (bicyclic) bond motifs is 4. The largest absolute Gasteiger partial charge is 0.458 e. The van der Waals surface area contributed by atoms with Gasteiger partial charge in [0.25, 0.3) is 0 Å². The minimum Gasteiger partial charge on any atom is -0.458 e. The maximum absolute atomic E-state index is 14.6. The second-order valence-electron chi connectivity index (χ2n) is 14.2. The maximum Gasteiger partial charge on any atom is 0.327 e. The molecule has 260 valence electrons. The van der Waals surface area contributed by atoms with Gasteiger partial charge in [-0.3, -0.25) is 24.0 Å². The molecule has 14 heteroatoms. The molecule has 0 spiro atoms. The minimum absolute atomic E-state index is 0.0561. The molecule has 6 fully saturated rings. The summed E-state index contributed by atoms with van der Waals surface area (Å²) in [5.74, 6) is -2.44. The van der Waals surface area contributed by atoms with Gasteiger partial charge in [0, 0.05) is 45.0 Å². The Kier molecular flexibility index (Phi) is 8.61. The van der Waals surface area contributed by atoms with Gasteiger partial charge in [-0.05, 0) is 49.8 Å². The topological polar surface area (TPSA) is 176 Å². The zero-order chi connectivity index (χ0) is 34.0. The molecule has 6 aliphatic rings. The van der Waals surface area contributed by atoms with Crippen molar-refractivity contribution in [1.29, 1.82) is 0 Å². The van der Waals surface area contributed by atoms with Crippen LogP contribution in [0, 0.1) is 17.3 Å². The van der Waals surface area contributed by atoms with Gasteiger partial charge in [-0.1, -0.05) is 24.3 Å². The number of ether oxygens (including phenoxy) is 3. The van der Waals surface area contributed by atoms with Crippen LogP contribution in [0.4, 0.5) is 0 Å². The van der Waals surface area contributed by atoms with Crippen molar-refractivity contribution < 1.29 is 48.4 Å². The van der Waals surface area contributed by atoms with Crippen molar-refractivity contribution in [3.8, 4) is 0 Å². The molecule has 48 heavy (non-hydrogen) atoms. The number of carbonyl (C=O) groups is 4. The number of esters is 1. The van der Waals surface area contributed by atoms with Gasteiger partial charge >= 0.3 is 5.97 Å². The van der Waals surface area contributed by atoms with Crippen LogP contribution in [-0.2, 0) is 44.8 Å². The summed E-state index contributed by atoms with van der Waals surface area (Å²) in [5, 5.41) is 26.5. The van der Waals surface area contributed by atoms with Gasteiger partial charge in [-0.25, -0.2) is 0 Å². The summed E-state index contributed by atoms with van der Waals surface area (Å²) in [6.07, 6.45) is 2.84. The normalized spacial score (nSPS) is 33.1. The van der Waals surface area contributed by atoms with Gasteiger partial charge in [0.2, 0.25) is 17.7 Å². The van der Waals surface area contributed by atoms with Crippen LogP contribution in [0.2, 0.25) is 0 Å². The predicted molar refractivity (Wildman–Crippen MR) is 167 cm³/mol. The Bertz CT molecular complexity index is 1460. The Balaban J connectivity index is 1.21. The van der Waals surface area contributed by atoms with Gasteiger partial charge in [0.05, 0.1) is 19.3 Å². The van der Waals surface area contributed by atoms with E-state index in [4.69, 9.17) is 19.0 Å². The first-order valence-electron chi connectivity index (χ1n) is 16.8. The lowest BCUT2D eigenvalue weighted by molar-refractivity contribution is -0.235. The molecule has 0 aromatic heterocycles. The number of amides is 3. The number of likely N-dealkylation sites (N-methyl/N-ethyl adjacent to an activating group) is 1. The van der Waals surface area contributed by atoms with Crippen LogP contribution in [0.3, 0.4) is 0 Å². The van der Waals surface area contributed by atoms with Crippen LogP contribution in [0.1, 0.15) is 50.2 Å². The van der Waals surface area contributed by atoms with E-state index < -0.39 is 71.6 Å². The molecular weight excluding hydrogens is 624 g/mol. The first-order chi connectivity index (χ1) is 23.0. The molecule has 2 bridgehead atoms. The highest BCUT2D eigenvalue weighted by Gasteiger charge is 2.78. The maximum atomic E-state index is 14.6. The minimum atomic E-state index is -1.52. The monoisotopic (exact) mass is 668 g/mol. The Morgan fingerprint density at radius 1 is 1.08 bits per heavy atom. The van der Waals surface area contributed by atoms with E-state index in [9.17, 15) is 29.4 Å². The summed E-state index contributed by atoms with van der Waals surface area (Å²) in [4.78, 5) is 61.6. The Labute approximate surface area is 278 Å². The standard InChI is InChI=1S/C34H44N4O10/c1-18(40)25(30(42)35-14-15-39)36-32(44)33-16-23-26-27(47-34(46-26,21-9-10-21)22-11-12-22)29(33)48-38(28(33)31(43)45-23)17-20-6-4-19(5-7-20)8-13-24(41)37(2)3/h4-8,13,18,21-23,25-29,39-40H,9-12,14-17H2,1-3H3,(H,35,42)(H,36,44). The zero-order valence-corrected chi connectivity index (χ0v) is 27.4. The van der Waals surface area contributed by atoms with Crippen LogP contribution < -0.4 is 10.6 Å². The van der Waals surface area contributed by atoms with Gasteiger partial charge in [0.15, 0.2) is 11.8 Å². The number of carbonyl (C=O) groups excluding carboxylic acids is 4. The Hall–Kier alpha value is -3.40. The van der Waals surface area contributed by atoms with Crippen LogP contribution in [0.15, 0.2) is 30.3 Å². The van der Waals surface area contributed by atoms with Crippen molar-refractivity contribution >= 4 is 29.8 Å². The molecule has 3 saturated heterocycles. The van der Waals surface area contributed by atoms with E-state index in [1.54, 1.807) is 20.2 Å². The molecule has 4 N–H and O–H groups in total. The molecule has 3 saturated carbocycles. The van der Waals surface area contributed by atoms with Crippen LogP contribution in [-0.4, -0.2) is 120 Å². The van der Waals surface area contributed by atoms with Crippen LogP contribution >= 0.6 is 0 Å². The third kappa shape index (κ3) is 5.61. The fraction of sp³-hybridized carbons (Fsp3) is 0.647. The van der Waals surface area contributed by atoms with Crippen LogP contribution in [0.5, 0.6) is 0 Å². The molecule has 3 aliphatic carbocycles. The summed E-state index contributed by atoms with van der Waals surface area (Å²) in [5.41, 5.74) is 0.0685. The molecule has 3 heterocycles. The predicted octanol–water partition coefficient (Wildman–Crippen LogP) is -0.138. The second-order valence-corrected chi connectivity index (χ2v) is 14.2. The Morgan fingerprint density at radius 3 is 2.35 bits per heavy atom. The molecule has 14 nitrogen and oxygen atoms in total. The second kappa shape index (κ2) is 12.5. The van der Waals surface area contributed by atoms with Crippen molar-refractivity contribution in [2.45, 2.75) is 94.0 Å². The lowest BCUT2D eigenvalue weighted by Crippen LogP contribution is -2.71. The van der Waals surface area contributed by atoms with E-state index in [2.05, 4.69) is 10.6 Å². The SMILES string of the molecule is CC(O)C(NC(=O)C12CC3OC(=O)C1N(Cc1ccc(C=CC(=O)N(C)C)cc1)OC2C1OC(C2CC2)(C2CC2)OC31)C(=O)NCCO. The summed E-state index contributed by atoms with van der Waals surface area (Å²) >= 11 is 0. The highest BCUT2D eigenvalue weighted by Crippen LogP contribution is 2.63. The molecule has 3 aliphatic heterocycles. The fourth-order valence-electron chi connectivity index (χ4n) is 7.87. The van der Waals surface area contributed by atoms with Gasteiger partial charge in [0.1, 0.15) is 35.9 Å². The third-order valence-corrected chi connectivity index (χ3v) is 10.5. The number of nitrogens with zero attached hydrogens (tertiary/aromatic N) is 2. The number of rotatable bonds is 12. The zero-order valence-electron chi connectivity index (χ0n) is 27.4. The lowest BCUT2D eigenvalue weighted by atomic mass is 9.62. The van der Waals surface area contributed by atoms with E-state index in [-0.39, 0.29) is 43.9 Å². The molecule has 8 unspecified atom stereocenters. The number of aliphatic hydroxyl groups is 2. The van der Waals surface area contributed by atoms with Crippen LogP contribution in [0.25, 0.3) is 6.08 Å². The molecule has 8 atom stereocenters. The summed E-state index contributed by atoms with van der Waals surface area (Å²) in [6.45, 7) is 1.14. The van der Waals surface area contributed by atoms with E-state index in [0.717, 1.165) is 36.8 Å². The van der Waals surface area contributed by atoms with Crippen molar-refractivity contribution in [2.24, 2.45) is 17.3 Å². The number of aliphatic hydroxyl groups excluding tert-OH is 2. The van der Waals surface area contributed by atoms with Crippen molar-refractivity contribution in [1.82, 2.24) is 20.6 Å². The van der Waals surface area contributed by atoms with E-state index in [1.165, 1.54) is 23.0 Å². The number of hydroxylamine groups is 2. The first kappa shape index (κ1) is 33.1. The lowest BCUT2D eigenvalue weighted by Gasteiger charge is -2.49. The number of nitrogens with one attached hydrogen (secondary N) is 2. The van der Waals surface area contributed by atoms with Crippen molar-refractivity contribution in [3.63, 3.8) is 0 Å². The quantitative estimate of drug-likeness (QED) is 0.172. The number of benzene rings is 1. The van der Waals surface area contributed by atoms with Gasteiger partial charge in [-0.15, -0.1) is 0 Å². The smallest absolute Gasteiger partial charge is 0.327 e. The molecule has 3 amide bonds. The average Bonchev–Trinajstić information content (AvgIpc) is 4.01. The molecule has 7 rings (SSSR count). The van der Waals surface area contributed by atoms with E-state index in [1.807, 2.05) is 24.3 Å².